The Morgan fingerprint density at radius 1 is 1.24 bits per heavy atom. The summed E-state index contributed by atoms with van der Waals surface area (Å²) in [6.45, 7) is 0.773. The lowest BCUT2D eigenvalue weighted by Crippen LogP contribution is -1.99. The Bertz CT molecular complexity index is 647. The molecular weight excluding hydrogens is 336 g/mol. The van der Waals surface area contributed by atoms with E-state index < -0.39 is 4.92 Å². The van der Waals surface area contributed by atoms with Crippen molar-refractivity contribution in [1.29, 1.82) is 0 Å². The molecule has 0 spiro atoms. The van der Waals surface area contributed by atoms with Crippen LogP contribution < -0.4 is 5.32 Å². The molecule has 0 heterocycles. The van der Waals surface area contributed by atoms with Gasteiger partial charge >= 0.3 is 0 Å². The van der Waals surface area contributed by atoms with Crippen LogP contribution in [0.4, 0.5) is 11.4 Å². The van der Waals surface area contributed by atoms with Crippen LogP contribution in [0, 0.1) is 10.1 Å². The molecule has 0 amide bonds. The third kappa shape index (κ3) is 4.03. The van der Waals surface area contributed by atoms with E-state index in [0.29, 0.717) is 18.9 Å². The lowest BCUT2D eigenvalue weighted by atomic mass is 10.2. The normalized spacial score (nSPS) is 10.4. The molecule has 0 fully saturated rings. The van der Waals surface area contributed by atoms with Crippen molar-refractivity contribution in [1.82, 2.24) is 0 Å². The summed E-state index contributed by atoms with van der Waals surface area (Å²) in [7, 11) is 1.66. The second kappa shape index (κ2) is 7.19. The molecule has 0 aliphatic rings. The Morgan fingerprint density at radius 3 is 2.67 bits per heavy atom. The smallest absolute Gasteiger partial charge is 0.292 e. The summed E-state index contributed by atoms with van der Waals surface area (Å²) in [5.41, 5.74) is 2.36. The first-order chi connectivity index (χ1) is 10.1. The van der Waals surface area contributed by atoms with Crippen molar-refractivity contribution in [3.05, 3.63) is 68.2 Å². The van der Waals surface area contributed by atoms with Gasteiger partial charge in [0.15, 0.2) is 0 Å². The molecule has 1 N–H and O–H groups in total. The number of nitrogens with one attached hydrogen (secondary N) is 1. The van der Waals surface area contributed by atoms with Gasteiger partial charge in [-0.15, -0.1) is 0 Å². The quantitative estimate of drug-likeness (QED) is 0.628. The third-order valence-corrected chi connectivity index (χ3v) is 3.79. The first kappa shape index (κ1) is 15.5. The lowest BCUT2D eigenvalue weighted by molar-refractivity contribution is -0.384. The molecule has 2 aromatic carbocycles. The lowest BCUT2D eigenvalue weighted by Gasteiger charge is -2.08. The van der Waals surface area contributed by atoms with Gasteiger partial charge in [0.2, 0.25) is 0 Å². The number of nitro benzene ring substituents is 1. The van der Waals surface area contributed by atoms with E-state index in [4.69, 9.17) is 4.74 Å². The Kier molecular flexibility index (Phi) is 5.30. The molecular formula is C15H15BrN2O3. The van der Waals surface area contributed by atoms with Gasteiger partial charge in [0.05, 0.1) is 18.1 Å². The van der Waals surface area contributed by atoms with Crippen molar-refractivity contribution >= 4 is 27.3 Å². The molecule has 0 unspecified atom stereocenters. The van der Waals surface area contributed by atoms with Gasteiger partial charge in [-0.1, -0.05) is 40.2 Å². The van der Waals surface area contributed by atoms with Gasteiger partial charge in [-0.3, -0.25) is 10.1 Å². The minimum Gasteiger partial charge on any atom is -0.383 e. The number of rotatable bonds is 6. The van der Waals surface area contributed by atoms with E-state index in [1.165, 1.54) is 6.07 Å². The number of hydrogen-bond acceptors (Lipinski definition) is 4. The minimum absolute atomic E-state index is 0.0551. The Morgan fingerprint density at radius 2 is 2.00 bits per heavy atom. The molecule has 0 saturated heterocycles. The molecule has 5 nitrogen and oxygen atoms in total. The molecule has 0 aromatic heterocycles. The first-order valence-corrected chi connectivity index (χ1v) is 7.17. The first-order valence-electron chi connectivity index (χ1n) is 6.38. The van der Waals surface area contributed by atoms with Crippen LogP contribution >= 0.6 is 15.9 Å². The number of halogens is 1. The zero-order chi connectivity index (χ0) is 15.2. The Balaban J connectivity index is 2.02. The predicted molar refractivity (Wildman–Crippen MR) is 85.3 cm³/mol. The molecule has 0 aliphatic carbocycles. The highest BCUT2D eigenvalue weighted by molar-refractivity contribution is 9.10. The highest BCUT2D eigenvalue weighted by atomic mass is 79.9. The van der Waals surface area contributed by atoms with Crippen LogP contribution in [0.5, 0.6) is 0 Å². The van der Waals surface area contributed by atoms with E-state index in [9.17, 15) is 10.1 Å². The summed E-state index contributed by atoms with van der Waals surface area (Å²) in [6, 6.07) is 12.8. The molecule has 6 heteroatoms. The van der Waals surface area contributed by atoms with Gasteiger partial charge in [0, 0.05) is 17.6 Å². The number of nitrogens with zero attached hydrogens (tertiary/aromatic N) is 1. The summed E-state index contributed by atoms with van der Waals surface area (Å²) in [5.74, 6) is 0. The zero-order valence-corrected chi connectivity index (χ0v) is 13.1. The maximum absolute atomic E-state index is 11.0. The SMILES string of the molecule is CNc1ccc(COCc2ccccc2Br)cc1[N+](=O)[O-]. The molecule has 0 saturated carbocycles. The average Bonchev–Trinajstić information content (AvgIpc) is 2.49. The molecule has 0 aliphatic heterocycles. The van der Waals surface area contributed by atoms with Gasteiger partial charge in [-0.05, 0) is 23.3 Å². The van der Waals surface area contributed by atoms with Crippen LogP contribution in [0.2, 0.25) is 0 Å². The largest absolute Gasteiger partial charge is 0.383 e. The fraction of sp³-hybridized carbons (Fsp3) is 0.200. The molecule has 21 heavy (non-hydrogen) atoms. The van der Waals surface area contributed by atoms with Crippen molar-refractivity contribution in [2.45, 2.75) is 13.2 Å². The van der Waals surface area contributed by atoms with Crippen LogP contribution in [-0.2, 0) is 18.0 Å². The van der Waals surface area contributed by atoms with E-state index in [0.717, 1.165) is 15.6 Å². The van der Waals surface area contributed by atoms with Crippen molar-refractivity contribution in [3.63, 3.8) is 0 Å². The maximum Gasteiger partial charge on any atom is 0.292 e. The van der Waals surface area contributed by atoms with Crippen LogP contribution in [-0.4, -0.2) is 12.0 Å². The van der Waals surface area contributed by atoms with Gasteiger partial charge in [-0.25, -0.2) is 0 Å². The summed E-state index contributed by atoms with van der Waals surface area (Å²) >= 11 is 3.45. The van der Waals surface area contributed by atoms with Gasteiger partial charge in [-0.2, -0.15) is 0 Å². The summed E-state index contributed by atoms with van der Waals surface area (Å²) in [4.78, 5) is 10.6. The summed E-state index contributed by atoms with van der Waals surface area (Å²) in [5, 5.41) is 13.8. The van der Waals surface area contributed by atoms with Crippen molar-refractivity contribution in [3.8, 4) is 0 Å². The van der Waals surface area contributed by atoms with Crippen molar-refractivity contribution < 1.29 is 9.66 Å². The average molecular weight is 351 g/mol. The van der Waals surface area contributed by atoms with E-state index in [1.54, 1.807) is 13.1 Å². The zero-order valence-electron chi connectivity index (χ0n) is 11.5. The topological polar surface area (TPSA) is 64.4 Å². The van der Waals surface area contributed by atoms with E-state index in [-0.39, 0.29) is 5.69 Å². The molecule has 0 atom stereocenters. The minimum atomic E-state index is -0.400. The Labute approximate surface area is 131 Å². The third-order valence-electron chi connectivity index (χ3n) is 3.01. The molecule has 2 aromatic rings. The van der Waals surface area contributed by atoms with E-state index in [2.05, 4.69) is 21.2 Å². The van der Waals surface area contributed by atoms with Crippen LogP contribution in [0.15, 0.2) is 46.9 Å². The van der Waals surface area contributed by atoms with Gasteiger partial charge in [0.25, 0.3) is 5.69 Å². The maximum atomic E-state index is 11.0. The highest BCUT2D eigenvalue weighted by Gasteiger charge is 2.13. The second-order valence-corrected chi connectivity index (χ2v) is 5.30. The van der Waals surface area contributed by atoms with E-state index in [1.807, 2.05) is 30.3 Å². The predicted octanol–water partition coefficient (Wildman–Crippen LogP) is 4.12. The van der Waals surface area contributed by atoms with Gasteiger partial charge in [0.1, 0.15) is 5.69 Å². The standard InChI is InChI=1S/C15H15BrN2O3/c1-17-14-7-6-11(8-15(14)18(19)20)9-21-10-12-4-2-3-5-13(12)16/h2-8,17H,9-10H2,1H3. The molecule has 2 rings (SSSR count). The van der Waals surface area contributed by atoms with Crippen molar-refractivity contribution in [2.75, 3.05) is 12.4 Å². The fourth-order valence-electron chi connectivity index (χ4n) is 1.92. The molecule has 0 bridgehead atoms. The highest BCUT2D eigenvalue weighted by Crippen LogP contribution is 2.25. The number of hydrogen-bond donors (Lipinski definition) is 1. The van der Waals surface area contributed by atoms with E-state index >= 15 is 0 Å². The van der Waals surface area contributed by atoms with Crippen molar-refractivity contribution in [2.24, 2.45) is 0 Å². The number of nitro groups is 1. The van der Waals surface area contributed by atoms with Crippen LogP contribution in [0.3, 0.4) is 0 Å². The number of anilines is 1. The van der Waals surface area contributed by atoms with Crippen LogP contribution in [0.25, 0.3) is 0 Å². The Hall–Kier alpha value is -1.92. The second-order valence-electron chi connectivity index (χ2n) is 4.44. The van der Waals surface area contributed by atoms with Gasteiger partial charge < -0.3 is 10.1 Å². The fourth-order valence-corrected chi connectivity index (χ4v) is 2.32. The molecule has 110 valence electrons. The summed E-state index contributed by atoms with van der Waals surface area (Å²) < 4.78 is 6.61. The summed E-state index contributed by atoms with van der Waals surface area (Å²) in [6.07, 6.45) is 0. The van der Waals surface area contributed by atoms with Crippen LogP contribution in [0.1, 0.15) is 11.1 Å². The molecule has 0 radical (unpaired) electrons. The monoisotopic (exact) mass is 350 g/mol. The number of benzene rings is 2. The number of ether oxygens (including phenoxy) is 1.